The molecule has 0 saturated carbocycles. The number of aliphatic hydroxyl groups excluding tert-OH is 1. The second-order valence-corrected chi connectivity index (χ2v) is 5.65. The van der Waals surface area contributed by atoms with E-state index in [-0.39, 0.29) is 12.2 Å². The monoisotopic (exact) mass is 344 g/mol. The summed E-state index contributed by atoms with van der Waals surface area (Å²) < 4.78 is 0. The van der Waals surface area contributed by atoms with Crippen LogP contribution in [0.1, 0.15) is 17.2 Å². The van der Waals surface area contributed by atoms with Gasteiger partial charge >= 0.3 is 5.97 Å². The van der Waals surface area contributed by atoms with E-state index in [4.69, 9.17) is 5.73 Å². The lowest BCUT2D eigenvalue weighted by atomic mass is 10.0. The number of hydrogen-bond acceptors (Lipinski definition) is 5. The largest absolute Gasteiger partial charge is 0.508 e. The highest BCUT2D eigenvalue weighted by Crippen LogP contribution is 2.15. The first-order valence-corrected chi connectivity index (χ1v) is 7.68. The average molecular weight is 344 g/mol. The highest BCUT2D eigenvalue weighted by molar-refractivity contribution is 5.87. The molecular formula is C18H20N2O5. The van der Waals surface area contributed by atoms with Crippen molar-refractivity contribution in [2.24, 2.45) is 5.73 Å². The lowest BCUT2D eigenvalue weighted by Gasteiger charge is -2.21. The van der Waals surface area contributed by atoms with E-state index >= 15 is 0 Å². The maximum absolute atomic E-state index is 12.2. The SMILES string of the molecule is N[C@@H](c1ccccc1)[C@@H](O)C(=O)N[C@@H](Cc1ccc(O)cc1)C(=O)O. The van der Waals surface area contributed by atoms with E-state index < -0.39 is 30.1 Å². The zero-order chi connectivity index (χ0) is 18.4. The number of carboxylic acids is 1. The van der Waals surface area contributed by atoms with Crippen LogP contribution in [-0.2, 0) is 16.0 Å². The number of benzene rings is 2. The first-order chi connectivity index (χ1) is 11.9. The summed E-state index contributed by atoms with van der Waals surface area (Å²) in [4.78, 5) is 23.6. The van der Waals surface area contributed by atoms with Crippen LogP contribution < -0.4 is 11.1 Å². The molecule has 7 heteroatoms. The number of nitrogens with two attached hydrogens (primary N) is 1. The highest BCUT2D eigenvalue weighted by Gasteiger charge is 2.28. The van der Waals surface area contributed by atoms with Crippen LogP contribution >= 0.6 is 0 Å². The number of nitrogens with one attached hydrogen (secondary N) is 1. The summed E-state index contributed by atoms with van der Waals surface area (Å²) in [6.07, 6.45) is -1.57. The molecule has 2 aromatic rings. The van der Waals surface area contributed by atoms with Crippen molar-refractivity contribution < 1.29 is 24.9 Å². The van der Waals surface area contributed by atoms with Crippen molar-refractivity contribution >= 4 is 11.9 Å². The summed E-state index contributed by atoms with van der Waals surface area (Å²) in [5.41, 5.74) is 7.06. The number of amides is 1. The van der Waals surface area contributed by atoms with Crippen molar-refractivity contribution in [3.8, 4) is 5.75 Å². The Labute approximate surface area is 144 Å². The Morgan fingerprint density at radius 2 is 1.64 bits per heavy atom. The van der Waals surface area contributed by atoms with Crippen LogP contribution in [0, 0.1) is 0 Å². The lowest BCUT2D eigenvalue weighted by Crippen LogP contribution is -2.49. The van der Waals surface area contributed by atoms with E-state index in [1.807, 2.05) is 0 Å². The summed E-state index contributed by atoms with van der Waals surface area (Å²) in [6.45, 7) is 0. The standard InChI is InChI=1S/C18H20N2O5/c19-15(12-4-2-1-3-5-12)16(22)17(23)20-14(18(24)25)10-11-6-8-13(21)9-7-11/h1-9,14-16,21-22H,10,19H2,(H,20,23)(H,24,25)/t14-,15-,16+/m0/s1. The molecule has 2 aromatic carbocycles. The van der Waals surface area contributed by atoms with Gasteiger partial charge in [0, 0.05) is 6.42 Å². The van der Waals surface area contributed by atoms with Crippen molar-refractivity contribution in [1.82, 2.24) is 5.32 Å². The minimum atomic E-state index is -1.58. The fourth-order valence-corrected chi connectivity index (χ4v) is 2.35. The van der Waals surface area contributed by atoms with Crippen LogP contribution in [0.3, 0.4) is 0 Å². The molecule has 6 N–H and O–H groups in total. The molecule has 0 fully saturated rings. The van der Waals surface area contributed by atoms with E-state index in [0.29, 0.717) is 11.1 Å². The van der Waals surface area contributed by atoms with E-state index in [0.717, 1.165) is 0 Å². The Hall–Kier alpha value is -2.90. The van der Waals surface area contributed by atoms with Gasteiger partial charge in [0.25, 0.3) is 5.91 Å². The number of phenols is 1. The van der Waals surface area contributed by atoms with Crippen LogP contribution in [0.25, 0.3) is 0 Å². The van der Waals surface area contributed by atoms with Gasteiger partial charge in [0.2, 0.25) is 0 Å². The fraction of sp³-hybridized carbons (Fsp3) is 0.222. The van der Waals surface area contributed by atoms with Crippen molar-refractivity contribution in [2.75, 3.05) is 0 Å². The van der Waals surface area contributed by atoms with Crippen molar-refractivity contribution in [2.45, 2.75) is 24.6 Å². The van der Waals surface area contributed by atoms with Gasteiger partial charge in [-0.05, 0) is 23.3 Å². The predicted molar refractivity (Wildman–Crippen MR) is 90.8 cm³/mol. The predicted octanol–water partition coefficient (Wildman–Crippen LogP) is 0.565. The van der Waals surface area contributed by atoms with Crippen LogP contribution in [0.2, 0.25) is 0 Å². The van der Waals surface area contributed by atoms with Crippen molar-refractivity contribution in [3.63, 3.8) is 0 Å². The molecule has 0 aliphatic carbocycles. The Morgan fingerprint density at radius 1 is 1.04 bits per heavy atom. The number of carbonyl (C=O) groups is 2. The Balaban J connectivity index is 2.04. The van der Waals surface area contributed by atoms with Gasteiger partial charge in [-0.1, -0.05) is 42.5 Å². The van der Waals surface area contributed by atoms with Gasteiger partial charge in [-0.3, -0.25) is 4.79 Å². The summed E-state index contributed by atoms with van der Waals surface area (Å²) in [6, 6.07) is 12.4. The minimum Gasteiger partial charge on any atom is -0.508 e. The molecule has 0 saturated heterocycles. The third kappa shape index (κ3) is 5.03. The average Bonchev–Trinajstić information content (AvgIpc) is 2.62. The first-order valence-electron chi connectivity index (χ1n) is 7.68. The zero-order valence-electron chi connectivity index (χ0n) is 13.4. The van der Waals surface area contributed by atoms with E-state index in [1.54, 1.807) is 42.5 Å². The van der Waals surface area contributed by atoms with Gasteiger partial charge in [0.05, 0.1) is 6.04 Å². The van der Waals surface area contributed by atoms with Gasteiger partial charge in [-0.25, -0.2) is 4.79 Å². The number of hydrogen-bond donors (Lipinski definition) is 5. The number of aliphatic hydroxyl groups is 1. The fourth-order valence-electron chi connectivity index (χ4n) is 2.35. The van der Waals surface area contributed by atoms with Gasteiger partial charge in [-0.2, -0.15) is 0 Å². The number of aliphatic carboxylic acids is 1. The molecule has 0 bridgehead atoms. The Kier molecular flexibility index (Phi) is 6.10. The second-order valence-electron chi connectivity index (χ2n) is 5.65. The molecule has 25 heavy (non-hydrogen) atoms. The lowest BCUT2D eigenvalue weighted by molar-refractivity contribution is -0.143. The van der Waals surface area contributed by atoms with Crippen LogP contribution in [-0.4, -0.2) is 39.3 Å². The smallest absolute Gasteiger partial charge is 0.326 e. The molecule has 0 aliphatic heterocycles. The molecule has 1 amide bonds. The molecule has 0 spiro atoms. The number of phenolic OH excluding ortho intramolecular Hbond substituents is 1. The summed E-state index contributed by atoms with van der Waals surface area (Å²) >= 11 is 0. The number of aromatic hydroxyl groups is 1. The normalized spacial score (nSPS) is 14.3. The van der Waals surface area contributed by atoms with Crippen molar-refractivity contribution in [1.29, 1.82) is 0 Å². The number of carbonyl (C=O) groups excluding carboxylic acids is 1. The quantitative estimate of drug-likeness (QED) is 0.499. The van der Waals surface area contributed by atoms with Gasteiger partial charge < -0.3 is 26.4 Å². The maximum Gasteiger partial charge on any atom is 0.326 e. The molecule has 0 unspecified atom stereocenters. The maximum atomic E-state index is 12.2. The molecule has 7 nitrogen and oxygen atoms in total. The highest BCUT2D eigenvalue weighted by atomic mass is 16.4. The molecule has 0 aliphatic rings. The van der Waals surface area contributed by atoms with Crippen LogP contribution in [0.15, 0.2) is 54.6 Å². The van der Waals surface area contributed by atoms with Gasteiger partial charge in [-0.15, -0.1) is 0 Å². The van der Waals surface area contributed by atoms with Gasteiger partial charge in [0.15, 0.2) is 6.10 Å². The molecule has 0 heterocycles. The summed E-state index contributed by atoms with van der Waals surface area (Å²) in [5.74, 6) is -2.03. The number of carboxylic acid groups (broad SMARTS) is 1. The Bertz CT molecular complexity index is 718. The van der Waals surface area contributed by atoms with Crippen LogP contribution in [0.5, 0.6) is 5.75 Å². The van der Waals surface area contributed by atoms with E-state index in [1.165, 1.54) is 12.1 Å². The zero-order valence-corrected chi connectivity index (χ0v) is 13.4. The second kappa shape index (κ2) is 8.27. The third-order valence-electron chi connectivity index (χ3n) is 3.78. The van der Waals surface area contributed by atoms with E-state index in [9.17, 15) is 24.9 Å². The third-order valence-corrected chi connectivity index (χ3v) is 3.78. The first kappa shape index (κ1) is 18.4. The van der Waals surface area contributed by atoms with Crippen molar-refractivity contribution in [3.05, 3.63) is 65.7 Å². The minimum absolute atomic E-state index is 0.00858. The summed E-state index contributed by atoms with van der Waals surface area (Å²) in [5, 5.41) is 31.0. The molecule has 3 atom stereocenters. The molecule has 0 aromatic heterocycles. The summed E-state index contributed by atoms with van der Waals surface area (Å²) in [7, 11) is 0. The topological polar surface area (TPSA) is 133 Å². The molecule has 2 rings (SSSR count). The Morgan fingerprint density at radius 3 is 2.20 bits per heavy atom. The number of rotatable bonds is 7. The molecule has 132 valence electrons. The molecular weight excluding hydrogens is 324 g/mol. The van der Waals surface area contributed by atoms with E-state index in [2.05, 4.69) is 5.32 Å². The van der Waals surface area contributed by atoms with Gasteiger partial charge in [0.1, 0.15) is 11.8 Å². The molecule has 0 radical (unpaired) electrons. The van der Waals surface area contributed by atoms with Crippen LogP contribution in [0.4, 0.5) is 0 Å².